The predicted octanol–water partition coefficient (Wildman–Crippen LogP) is 1.26. The molecule has 104 valence electrons. The van der Waals surface area contributed by atoms with Crippen molar-refractivity contribution in [1.82, 2.24) is 5.32 Å². The number of carbonyl (C=O) groups excluding carboxylic acids is 2. The molecule has 1 saturated heterocycles. The molecule has 2 unspecified atom stereocenters. The fourth-order valence-corrected chi connectivity index (χ4v) is 2.03. The minimum atomic E-state index is -0.170. The molecule has 1 heterocycles. The molecule has 18 heavy (non-hydrogen) atoms. The number of carbonyl (C=O) groups is 2. The lowest BCUT2D eigenvalue weighted by Crippen LogP contribution is -2.31. The molecule has 1 aliphatic heterocycles. The number of unbranched alkanes of at least 4 members (excludes halogenated alkanes) is 2. The van der Waals surface area contributed by atoms with Gasteiger partial charge in [-0.3, -0.25) is 9.59 Å². The molecule has 1 aliphatic rings. The van der Waals surface area contributed by atoms with Gasteiger partial charge in [0.2, 0.25) is 5.91 Å². The quantitative estimate of drug-likeness (QED) is 0.551. The maximum Gasteiger partial charge on any atom is 0.305 e. The van der Waals surface area contributed by atoms with Gasteiger partial charge < -0.3 is 14.8 Å². The van der Waals surface area contributed by atoms with Crippen LogP contribution in [0.25, 0.3) is 0 Å². The van der Waals surface area contributed by atoms with Gasteiger partial charge in [-0.15, -0.1) is 0 Å². The zero-order chi connectivity index (χ0) is 13.4. The fraction of sp³-hybridized carbons (Fsp3) is 0.846. The summed E-state index contributed by atoms with van der Waals surface area (Å²) < 4.78 is 9.91. The van der Waals surface area contributed by atoms with Crippen LogP contribution in [0.4, 0.5) is 0 Å². The van der Waals surface area contributed by atoms with Gasteiger partial charge in [-0.2, -0.15) is 0 Å². The SMILES string of the molecule is COC(=O)CCCCCNC(=O)C1COC(C)C1. The van der Waals surface area contributed by atoms with Crippen molar-refractivity contribution >= 4 is 11.9 Å². The molecule has 1 rings (SSSR count). The molecule has 0 aromatic carbocycles. The van der Waals surface area contributed by atoms with Crippen LogP contribution in [0.3, 0.4) is 0 Å². The van der Waals surface area contributed by atoms with Crippen molar-refractivity contribution in [3.63, 3.8) is 0 Å². The van der Waals surface area contributed by atoms with Crippen molar-refractivity contribution in [2.24, 2.45) is 5.92 Å². The highest BCUT2D eigenvalue weighted by Crippen LogP contribution is 2.18. The monoisotopic (exact) mass is 257 g/mol. The van der Waals surface area contributed by atoms with E-state index in [-0.39, 0.29) is 23.9 Å². The number of methoxy groups -OCH3 is 1. The molecule has 5 heteroatoms. The maximum atomic E-state index is 11.7. The zero-order valence-electron chi connectivity index (χ0n) is 11.2. The molecule has 0 radical (unpaired) electrons. The second-order valence-corrected chi connectivity index (χ2v) is 4.75. The molecule has 1 N–H and O–H groups in total. The van der Waals surface area contributed by atoms with E-state index >= 15 is 0 Å². The highest BCUT2D eigenvalue weighted by Gasteiger charge is 2.27. The van der Waals surface area contributed by atoms with E-state index < -0.39 is 0 Å². The largest absolute Gasteiger partial charge is 0.469 e. The summed E-state index contributed by atoms with van der Waals surface area (Å²) in [5.74, 6) is -0.0708. The van der Waals surface area contributed by atoms with Crippen LogP contribution in [0, 0.1) is 5.92 Å². The zero-order valence-corrected chi connectivity index (χ0v) is 11.2. The first-order chi connectivity index (χ1) is 8.63. The van der Waals surface area contributed by atoms with Gasteiger partial charge >= 0.3 is 5.97 Å². The topological polar surface area (TPSA) is 64.6 Å². The first-order valence-corrected chi connectivity index (χ1v) is 6.59. The molecule has 5 nitrogen and oxygen atoms in total. The summed E-state index contributed by atoms with van der Waals surface area (Å²) >= 11 is 0. The molecule has 1 fully saturated rings. The van der Waals surface area contributed by atoms with Gasteiger partial charge in [0.25, 0.3) is 0 Å². The second-order valence-electron chi connectivity index (χ2n) is 4.75. The summed E-state index contributed by atoms with van der Waals surface area (Å²) in [6.45, 7) is 3.19. The van der Waals surface area contributed by atoms with E-state index in [9.17, 15) is 9.59 Å². The average molecular weight is 257 g/mol. The predicted molar refractivity (Wildman–Crippen MR) is 67.0 cm³/mol. The fourth-order valence-electron chi connectivity index (χ4n) is 2.03. The summed E-state index contributed by atoms with van der Waals surface area (Å²) in [7, 11) is 1.40. The number of amides is 1. The third kappa shape index (κ3) is 5.49. The van der Waals surface area contributed by atoms with E-state index in [1.54, 1.807) is 0 Å². The summed E-state index contributed by atoms with van der Waals surface area (Å²) in [6.07, 6.45) is 4.10. The maximum absolute atomic E-state index is 11.7. The van der Waals surface area contributed by atoms with Crippen LogP contribution in [0.5, 0.6) is 0 Å². The van der Waals surface area contributed by atoms with E-state index in [4.69, 9.17) is 4.74 Å². The lowest BCUT2D eigenvalue weighted by atomic mass is 10.1. The summed E-state index contributed by atoms with van der Waals surface area (Å²) in [5.41, 5.74) is 0. The van der Waals surface area contributed by atoms with Gasteiger partial charge in [0.15, 0.2) is 0 Å². The Bertz CT molecular complexity index is 280. The normalized spacial score (nSPS) is 22.8. The lowest BCUT2D eigenvalue weighted by Gasteiger charge is -2.09. The standard InChI is InChI=1S/C13H23NO4/c1-10-8-11(9-18-10)13(16)14-7-5-3-4-6-12(15)17-2/h10-11H,3-9H2,1-2H3,(H,14,16). The summed E-state index contributed by atoms with van der Waals surface area (Å²) in [5, 5.41) is 2.91. The Balaban J connectivity index is 1.97. The van der Waals surface area contributed by atoms with Crippen LogP contribution in [0.15, 0.2) is 0 Å². The van der Waals surface area contributed by atoms with Gasteiger partial charge in [0.05, 0.1) is 25.7 Å². The first kappa shape index (κ1) is 15.0. The van der Waals surface area contributed by atoms with Crippen molar-refractivity contribution in [2.75, 3.05) is 20.3 Å². The molecule has 0 saturated carbocycles. The van der Waals surface area contributed by atoms with E-state index in [2.05, 4.69) is 10.1 Å². The molecule has 0 spiro atoms. The van der Waals surface area contributed by atoms with E-state index in [0.717, 1.165) is 25.7 Å². The van der Waals surface area contributed by atoms with Crippen molar-refractivity contribution in [3.8, 4) is 0 Å². The minimum Gasteiger partial charge on any atom is -0.469 e. The molecule has 0 aromatic rings. The molecular formula is C13H23NO4. The number of ether oxygens (including phenoxy) is 2. The molecule has 2 atom stereocenters. The Morgan fingerprint density at radius 3 is 2.72 bits per heavy atom. The van der Waals surface area contributed by atoms with Gasteiger partial charge in [-0.1, -0.05) is 6.42 Å². The Morgan fingerprint density at radius 1 is 1.33 bits per heavy atom. The Kier molecular flexibility index (Phi) is 6.72. The van der Waals surface area contributed by atoms with Crippen LogP contribution in [0.2, 0.25) is 0 Å². The van der Waals surface area contributed by atoms with Crippen LogP contribution < -0.4 is 5.32 Å². The van der Waals surface area contributed by atoms with Crippen LogP contribution >= 0.6 is 0 Å². The van der Waals surface area contributed by atoms with Crippen molar-refractivity contribution in [2.45, 2.75) is 45.1 Å². The lowest BCUT2D eigenvalue weighted by molar-refractivity contribution is -0.140. The number of rotatable bonds is 7. The number of hydrogen-bond acceptors (Lipinski definition) is 4. The summed E-state index contributed by atoms with van der Waals surface area (Å²) in [6, 6.07) is 0. The number of esters is 1. The Morgan fingerprint density at radius 2 is 2.11 bits per heavy atom. The Hall–Kier alpha value is -1.10. The number of hydrogen-bond donors (Lipinski definition) is 1. The average Bonchev–Trinajstić information content (AvgIpc) is 2.79. The van der Waals surface area contributed by atoms with E-state index in [1.807, 2.05) is 6.92 Å². The Labute approximate surface area is 108 Å². The second kappa shape index (κ2) is 8.08. The number of nitrogens with one attached hydrogen (secondary N) is 1. The van der Waals surface area contributed by atoms with Crippen molar-refractivity contribution in [1.29, 1.82) is 0 Å². The third-order valence-electron chi connectivity index (χ3n) is 3.15. The van der Waals surface area contributed by atoms with E-state index in [1.165, 1.54) is 7.11 Å². The van der Waals surface area contributed by atoms with E-state index in [0.29, 0.717) is 19.6 Å². The molecule has 0 aromatic heterocycles. The highest BCUT2D eigenvalue weighted by molar-refractivity contribution is 5.79. The van der Waals surface area contributed by atoms with Crippen LogP contribution in [-0.4, -0.2) is 38.2 Å². The van der Waals surface area contributed by atoms with Crippen LogP contribution in [-0.2, 0) is 19.1 Å². The molecule has 0 aliphatic carbocycles. The third-order valence-corrected chi connectivity index (χ3v) is 3.15. The van der Waals surface area contributed by atoms with Crippen molar-refractivity contribution < 1.29 is 19.1 Å². The highest BCUT2D eigenvalue weighted by atomic mass is 16.5. The molecular weight excluding hydrogens is 234 g/mol. The van der Waals surface area contributed by atoms with Gasteiger partial charge in [0.1, 0.15) is 0 Å². The van der Waals surface area contributed by atoms with Gasteiger partial charge in [-0.05, 0) is 26.2 Å². The summed E-state index contributed by atoms with van der Waals surface area (Å²) in [4.78, 5) is 22.6. The first-order valence-electron chi connectivity index (χ1n) is 6.59. The smallest absolute Gasteiger partial charge is 0.305 e. The minimum absolute atomic E-state index is 0.00932. The van der Waals surface area contributed by atoms with Crippen LogP contribution in [0.1, 0.15) is 39.0 Å². The van der Waals surface area contributed by atoms with Gasteiger partial charge in [0, 0.05) is 13.0 Å². The van der Waals surface area contributed by atoms with Crippen molar-refractivity contribution in [3.05, 3.63) is 0 Å². The molecule has 1 amide bonds. The molecule has 0 bridgehead atoms. The van der Waals surface area contributed by atoms with Gasteiger partial charge in [-0.25, -0.2) is 0 Å².